The van der Waals surface area contributed by atoms with Crippen molar-refractivity contribution < 1.29 is 9.53 Å². The van der Waals surface area contributed by atoms with Crippen LogP contribution in [0.5, 0.6) is 5.75 Å². The summed E-state index contributed by atoms with van der Waals surface area (Å²) in [4.78, 5) is 14.3. The molecule has 0 saturated carbocycles. The number of ether oxygens (including phenoxy) is 1. The van der Waals surface area contributed by atoms with Crippen LogP contribution >= 0.6 is 15.9 Å². The second-order valence-electron chi connectivity index (χ2n) is 7.14. The van der Waals surface area contributed by atoms with Crippen molar-refractivity contribution in [1.82, 2.24) is 4.90 Å². The number of amides is 1. The number of hydrogen-bond acceptors (Lipinski definition) is 3. The average molecular weight is 391 g/mol. The van der Waals surface area contributed by atoms with Gasteiger partial charge in [-0.1, -0.05) is 41.9 Å². The summed E-state index contributed by atoms with van der Waals surface area (Å²) in [6.07, 6.45) is 0.837. The lowest BCUT2D eigenvalue weighted by Gasteiger charge is -2.42. The van der Waals surface area contributed by atoms with Crippen LogP contribution in [0.4, 0.5) is 0 Å². The maximum Gasteiger partial charge on any atom is 0.260 e. The molecule has 24 heavy (non-hydrogen) atoms. The first kappa shape index (κ1) is 17.2. The van der Waals surface area contributed by atoms with Crippen molar-refractivity contribution >= 4 is 32.6 Å². The minimum absolute atomic E-state index is 0.0193. The predicted molar refractivity (Wildman–Crippen MR) is 100 cm³/mol. The number of likely N-dealkylation sites (tertiary alicyclic amines) is 1. The monoisotopic (exact) mass is 390 g/mol. The summed E-state index contributed by atoms with van der Waals surface area (Å²) in [5, 5.41) is 2.23. The minimum Gasteiger partial charge on any atom is -0.484 e. The van der Waals surface area contributed by atoms with Crippen LogP contribution in [0.3, 0.4) is 0 Å². The van der Waals surface area contributed by atoms with Gasteiger partial charge in [-0.05, 0) is 46.9 Å². The summed E-state index contributed by atoms with van der Waals surface area (Å²) in [6, 6.07) is 12.1. The summed E-state index contributed by atoms with van der Waals surface area (Å²) in [6.45, 7) is 5.67. The topological polar surface area (TPSA) is 55.6 Å². The molecule has 2 N–H and O–H groups in total. The van der Waals surface area contributed by atoms with E-state index in [9.17, 15) is 4.79 Å². The van der Waals surface area contributed by atoms with Crippen LogP contribution in [0.1, 0.15) is 20.3 Å². The number of nitrogens with two attached hydrogens (primary N) is 1. The zero-order valence-electron chi connectivity index (χ0n) is 14.1. The molecule has 4 nitrogen and oxygen atoms in total. The first-order valence-corrected chi connectivity index (χ1v) is 9.00. The molecule has 2 aromatic carbocycles. The zero-order chi connectivity index (χ0) is 17.3. The third-order valence-electron chi connectivity index (χ3n) is 4.80. The van der Waals surface area contributed by atoms with Gasteiger partial charge < -0.3 is 15.4 Å². The van der Waals surface area contributed by atoms with Gasteiger partial charge in [0.15, 0.2) is 6.61 Å². The normalized spacial score (nSPS) is 20.2. The van der Waals surface area contributed by atoms with Crippen LogP contribution in [0.2, 0.25) is 0 Å². The van der Waals surface area contributed by atoms with Gasteiger partial charge in [-0.15, -0.1) is 0 Å². The number of halogens is 1. The summed E-state index contributed by atoms with van der Waals surface area (Å²) < 4.78 is 6.77. The Morgan fingerprint density at radius 2 is 2.00 bits per heavy atom. The van der Waals surface area contributed by atoms with Crippen LogP contribution in [-0.4, -0.2) is 36.5 Å². The number of rotatable bonds is 3. The van der Waals surface area contributed by atoms with Crippen LogP contribution in [0.25, 0.3) is 10.8 Å². The molecule has 1 heterocycles. The van der Waals surface area contributed by atoms with Gasteiger partial charge >= 0.3 is 0 Å². The Morgan fingerprint density at radius 3 is 2.75 bits per heavy atom. The van der Waals surface area contributed by atoms with E-state index >= 15 is 0 Å². The van der Waals surface area contributed by atoms with E-state index in [4.69, 9.17) is 10.5 Å². The van der Waals surface area contributed by atoms with Gasteiger partial charge in [0.1, 0.15) is 5.75 Å². The first-order chi connectivity index (χ1) is 11.3. The van der Waals surface area contributed by atoms with E-state index in [-0.39, 0.29) is 24.0 Å². The molecule has 0 aliphatic carbocycles. The molecule has 1 aliphatic rings. The van der Waals surface area contributed by atoms with Gasteiger partial charge in [-0.25, -0.2) is 0 Å². The number of carbonyl (C=O) groups excluding carboxylic acids is 1. The van der Waals surface area contributed by atoms with Crippen molar-refractivity contribution in [2.24, 2.45) is 11.1 Å². The van der Waals surface area contributed by atoms with Gasteiger partial charge in [0, 0.05) is 23.6 Å². The molecule has 0 aromatic heterocycles. The Morgan fingerprint density at radius 1 is 1.29 bits per heavy atom. The van der Waals surface area contributed by atoms with Crippen molar-refractivity contribution in [2.75, 3.05) is 19.7 Å². The fraction of sp³-hybridized carbons (Fsp3) is 0.421. The lowest BCUT2D eigenvalue weighted by molar-refractivity contribution is -0.136. The van der Waals surface area contributed by atoms with Gasteiger partial charge in [0.25, 0.3) is 5.91 Å². The molecular formula is C19H23BrN2O2. The fourth-order valence-corrected chi connectivity index (χ4v) is 3.49. The van der Waals surface area contributed by atoms with Crippen LogP contribution in [0, 0.1) is 5.41 Å². The van der Waals surface area contributed by atoms with Gasteiger partial charge in [0.2, 0.25) is 0 Å². The highest BCUT2D eigenvalue weighted by Gasteiger charge is 2.35. The smallest absolute Gasteiger partial charge is 0.260 e. The molecule has 1 amide bonds. The van der Waals surface area contributed by atoms with Crippen molar-refractivity contribution in [3.05, 3.63) is 40.9 Å². The summed E-state index contributed by atoms with van der Waals surface area (Å²) in [5.41, 5.74) is 6.08. The van der Waals surface area contributed by atoms with E-state index in [1.807, 2.05) is 35.2 Å². The molecule has 1 atom stereocenters. The van der Waals surface area contributed by atoms with E-state index in [0.717, 1.165) is 21.7 Å². The highest BCUT2D eigenvalue weighted by atomic mass is 79.9. The number of hydrogen-bond donors (Lipinski definition) is 1. The Hall–Kier alpha value is -1.59. The van der Waals surface area contributed by atoms with Crippen molar-refractivity contribution in [2.45, 2.75) is 26.3 Å². The Bertz CT molecular complexity index is 760. The van der Waals surface area contributed by atoms with E-state index in [0.29, 0.717) is 18.8 Å². The Kier molecular flexibility index (Phi) is 4.83. The number of carbonyl (C=O) groups is 1. The molecule has 128 valence electrons. The maximum atomic E-state index is 12.4. The number of fused-ring (bicyclic) bond motifs is 1. The molecule has 1 unspecified atom stereocenters. The molecule has 1 fully saturated rings. The van der Waals surface area contributed by atoms with Gasteiger partial charge in [-0.2, -0.15) is 0 Å². The minimum atomic E-state index is -0.0513. The molecular weight excluding hydrogens is 368 g/mol. The standard InChI is InChI=1S/C19H23BrN2O2/c1-19(2)12-22(8-7-17(19)21)18(23)11-24-16-6-4-13-9-15(20)5-3-14(13)10-16/h3-6,9-10,17H,7-8,11-12,21H2,1-2H3. The lowest BCUT2D eigenvalue weighted by Crippen LogP contribution is -2.54. The molecule has 2 aromatic rings. The van der Waals surface area contributed by atoms with Crippen LogP contribution in [-0.2, 0) is 4.79 Å². The average Bonchev–Trinajstić information content (AvgIpc) is 2.55. The largest absolute Gasteiger partial charge is 0.484 e. The molecule has 0 radical (unpaired) electrons. The first-order valence-electron chi connectivity index (χ1n) is 8.21. The van der Waals surface area contributed by atoms with Gasteiger partial charge in [-0.3, -0.25) is 4.79 Å². The third-order valence-corrected chi connectivity index (χ3v) is 5.29. The molecule has 5 heteroatoms. The van der Waals surface area contributed by atoms with Crippen molar-refractivity contribution in [3.63, 3.8) is 0 Å². The van der Waals surface area contributed by atoms with E-state index < -0.39 is 0 Å². The highest BCUT2D eigenvalue weighted by molar-refractivity contribution is 9.10. The summed E-state index contributed by atoms with van der Waals surface area (Å²) >= 11 is 3.47. The van der Waals surface area contributed by atoms with E-state index in [2.05, 4.69) is 35.8 Å². The molecule has 3 rings (SSSR count). The second kappa shape index (κ2) is 6.73. The summed E-state index contributed by atoms with van der Waals surface area (Å²) in [5.74, 6) is 0.733. The maximum absolute atomic E-state index is 12.4. The van der Waals surface area contributed by atoms with Crippen LogP contribution < -0.4 is 10.5 Å². The highest BCUT2D eigenvalue weighted by Crippen LogP contribution is 2.28. The Labute approximate surface area is 151 Å². The summed E-state index contributed by atoms with van der Waals surface area (Å²) in [7, 11) is 0. The number of nitrogens with zero attached hydrogens (tertiary/aromatic N) is 1. The quantitative estimate of drug-likeness (QED) is 0.871. The predicted octanol–water partition coefficient (Wildman–Crippen LogP) is 3.57. The van der Waals surface area contributed by atoms with Gasteiger partial charge in [0.05, 0.1) is 0 Å². The zero-order valence-corrected chi connectivity index (χ0v) is 15.7. The van der Waals surface area contributed by atoms with E-state index in [1.165, 1.54) is 0 Å². The Balaban J connectivity index is 1.63. The molecule has 0 bridgehead atoms. The molecule has 0 spiro atoms. The van der Waals surface area contributed by atoms with E-state index in [1.54, 1.807) is 0 Å². The SMILES string of the molecule is CC1(C)CN(C(=O)COc2ccc3cc(Br)ccc3c2)CCC1N. The number of piperidine rings is 1. The molecule has 1 saturated heterocycles. The third kappa shape index (κ3) is 3.73. The second-order valence-corrected chi connectivity index (χ2v) is 8.06. The van der Waals surface area contributed by atoms with Crippen molar-refractivity contribution in [1.29, 1.82) is 0 Å². The number of benzene rings is 2. The lowest BCUT2D eigenvalue weighted by atomic mass is 9.80. The van der Waals surface area contributed by atoms with Crippen molar-refractivity contribution in [3.8, 4) is 5.75 Å². The van der Waals surface area contributed by atoms with Crippen LogP contribution in [0.15, 0.2) is 40.9 Å². The fourth-order valence-electron chi connectivity index (χ4n) is 3.11. The molecule has 1 aliphatic heterocycles.